The Bertz CT molecular complexity index is 625. The van der Waals surface area contributed by atoms with Crippen molar-refractivity contribution in [3.8, 4) is 0 Å². The lowest BCUT2D eigenvalue weighted by atomic mass is 9.96. The van der Waals surface area contributed by atoms with E-state index in [1.165, 1.54) is 0 Å². The monoisotopic (exact) mass is 393 g/mol. The molecule has 27 heavy (non-hydrogen) atoms. The lowest BCUT2D eigenvalue weighted by Gasteiger charge is -2.35. The first-order valence-corrected chi connectivity index (χ1v) is 10.3. The number of benzene rings is 1. The molecule has 1 aliphatic heterocycles. The predicted octanol–water partition coefficient (Wildman–Crippen LogP) is 3.47. The molecule has 0 aromatic heterocycles. The molecule has 2 amide bonds. The number of nitrogens with one attached hydrogen (secondary N) is 2. The van der Waals surface area contributed by atoms with Crippen LogP contribution < -0.4 is 10.6 Å². The summed E-state index contributed by atoms with van der Waals surface area (Å²) in [6, 6.07) is 6.87. The molecule has 1 aromatic carbocycles. The van der Waals surface area contributed by atoms with Gasteiger partial charge in [0.25, 0.3) is 5.91 Å². The van der Waals surface area contributed by atoms with Crippen LogP contribution in [0.5, 0.6) is 0 Å². The first kappa shape index (κ1) is 21.7. The Morgan fingerprint density at radius 3 is 2.26 bits per heavy atom. The molecule has 0 saturated carbocycles. The number of rotatable bonds is 7. The Hall–Kier alpha value is -1.59. The molecule has 1 fully saturated rings. The van der Waals surface area contributed by atoms with Gasteiger partial charge in [-0.05, 0) is 56.9 Å². The summed E-state index contributed by atoms with van der Waals surface area (Å²) in [5.41, 5.74) is 0.505. The van der Waals surface area contributed by atoms with Gasteiger partial charge in [0.15, 0.2) is 0 Å². The fraction of sp³-hybridized carbons (Fsp3) is 0.619. The number of likely N-dealkylation sites (tertiary alicyclic amines) is 1. The van der Waals surface area contributed by atoms with E-state index in [1.54, 1.807) is 24.3 Å². The van der Waals surface area contributed by atoms with Gasteiger partial charge in [0.2, 0.25) is 5.91 Å². The van der Waals surface area contributed by atoms with Crippen LogP contribution in [0.4, 0.5) is 0 Å². The fourth-order valence-corrected chi connectivity index (χ4v) is 3.50. The quantitative estimate of drug-likeness (QED) is 0.745. The van der Waals surface area contributed by atoms with Gasteiger partial charge in [0.1, 0.15) is 6.04 Å². The number of amides is 2. The van der Waals surface area contributed by atoms with Crippen molar-refractivity contribution in [2.75, 3.05) is 13.1 Å². The SMILES string of the molecule is CCC(C)C(NC(=O)c1ccc(Cl)cc1)C(=O)NC1CCN(C(C)C)CC1. The average molecular weight is 394 g/mol. The maximum absolute atomic E-state index is 12.9. The van der Waals surface area contributed by atoms with Gasteiger partial charge in [-0.2, -0.15) is 0 Å². The Morgan fingerprint density at radius 2 is 1.74 bits per heavy atom. The van der Waals surface area contributed by atoms with Crippen molar-refractivity contribution in [2.45, 2.75) is 65.1 Å². The summed E-state index contributed by atoms with van der Waals surface area (Å²) in [5, 5.41) is 6.65. The molecule has 1 heterocycles. The summed E-state index contributed by atoms with van der Waals surface area (Å²) in [5.74, 6) is -0.284. The molecular weight excluding hydrogens is 362 g/mol. The van der Waals surface area contributed by atoms with Crippen molar-refractivity contribution in [1.82, 2.24) is 15.5 Å². The molecule has 1 aromatic rings. The summed E-state index contributed by atoms with van der Waals surface area (Å²) in [6.45, 7) is 10.4. The van der Waals surface area contributed by atoms with Gasteiger partial charge < -0.3 is 15.5 Å². The molecule has 2 N–H and O–H groups in total. The normalized spacial score (nSPS) is 18.1. The minimum Gasteiger partial charge on any atom is -0.351 e. The van der Waals surface area contributed by atoms with E-state index in [0.29, 0.717) is 16.6 Å². The zero-order valence-electron chi connectivity index (χ0n) is 16.8. The van der Waals surface area contributed by atoms with Crippen molar-refractivity contribution in [1.29, 1.82) is 0 Å². The highest BCUT2D eigenvalue weighted by Gasteiger charge is 2.29. The largest absolute Gasteiger partial charge is 0.351 e. The zero-order valence-corrected chi connectivity index (χ0v) is 17.6. The number of halogens is 1. The Labute approximate surface area is 167 Å². The smallest absolute Gasteiger partial charge is 0.251 e. The molecule has 0 spiro atoms. The van der Waals surface area contributed by atoms with Gasteiger partial charge in [-0.3, -0.25) is 9.59 Å². The van der Waals surface area contributed by atoms with Crippen LogP contribution >= 0.6 is 11.6 Å². The summed E-state index contributed by atoms with van der Waals surface area (Å²) in [7, 11) is 0. The Balaban J connectivity index is 1.97. The van der Waals surface area contributed by atoms with E-state index >= 15 is 0 Å². The number of hydrogen-bond acceptors (Lipinski definition) is 3. The van der Waals surface area contributed by atoms with Gasteiger partial charge in [-0.25, -0.2) is 0 Å². The number of hydrogen-bond donors (Lipinski definition) is 2. The lowest BCUT2D eigenvalue weighted by molar-refractivity contribution is -0.125. The van der Waals surface area contributed by atoms with Gasteiger partial charge in [0, 0.05) is 35.8 Å². The summed E-state index contributed by atoms with van der Waals surface area (Å²) in [4.78, 5) is 27.9. The van der Waals surface area contributed by atoms with Crippen LogP contribution in [-0.2, 0) is 4.79 Å². The molecule has 1 saturated heterocycles. The van der Waals surface area contributed by atoms with E-state index in [-0.39, 0.29) is 23.8 Å². The fourth-order valence-electron chi connectivity index (χ4n) is 3.38. The molecule has 0 aliphatic carbocycles. The van der Waals surface area contributed by atoms with Gasteiger partial charge in [-0.1, -0.05) is 31.9 Å². The molecule has 150 valence electrons. The molecule has 2 unspecified atom stereocenters. The standard InChI is InChI=1S/C21H32ClN3O2/c1-5-15(4)19(24-20(26)16-6-8-17(22)9-7-16)21(27)23-18-10-12-25(13-11-18)14(2)3/h6-9,14-15,18-19H,5,10-13H2,1-4H3,(H,23,27)(H,24,26). The van der Waals surface area contributed by atoms with Crippen molar-refractivity contribution in [3.05, 3.63) is 34.9 Å². The summed E-state index contributed by atoms with van der Waals surface area (Å²) < 4.78 is 0. The third-order valence-corrected chi connectivity index (χ3v) is 5.75. The molecule has 2 atom stereocenters. The maximum Gasteiger partial charge on any atom is 0.251 e. The van der Waals surface area contributed by atoms with Crippen molar-refractivity contribution >= 4 is 23.4 Å². The van der Waals surface area contributed by atoms with Crippen LogP contribution in [0.3, 0.4) is 0 Å². The Kier molecular flexibility index (Phi) is 8.11. The molecule has 0 radical (unpaired) electrons. The first-order valence-electron chi connectivity index (χ1n) is 9.92. The summed E-state index contributed by atoms with van der Waals surface area (Å²) >= 11 is 5.88. The minimum atomic E-state index is -0.540. The van der Waals surface area contributed by atoms with Crippen LogP contribution in [-0.4, -0.2) is 47.9 Å². The van der Waals surface area contributed by atoms with E-state index in [1.807, 2.05) is 13.8 Å². The van der Waals surface area contributed by atoms with E-state index in [4.69, 9.17) is 11.6 Å². The van der Waals surface area contributed by atoms with E-state index < -0.39 is 6.04 Å². The molecule has 5 nitrogen and oxygen atoms in total. The molecular formula is C21H32ClN3O2. The highest BCUT2D eigenvalue weighted by atomic mass is 35.5. The number of piperidine rings is 1. The van der Waals surface area contributed by atoms with Crippen LogP contribution in [0.2, 0.25) is 5.02 Å². The molecule has 0 bridgehead atoms. The van der Waals surface area contributed by atoms with Crippen molar-refractivity contribution in [3.63, 3.8) is 0 Å². The zero-order chi connectivity index (χ0) is 20.0. The topological polar surface area (TPSA) is 61.4 Å². The van der Waals surface area contributed by atoms with Crippen LogP contribution in [0, 0.1) is 5.92 Å². The second-order valence-electron chi connectivity index (χ2n) is 7.76. The lowest BCUT2D eigenvalue weighted by Crippen LogP contribution is -2.54. The minimum absolute atomic E-state index is 0.0528. The van der Waals surface area contributed by atoms with Gasteiger partial charge in [-0.15, -0.1) is 0 Å². The molecule has 6 heteroatoms. The molecule has 2 rings (SSSR count). The number of nitrogens with zero attached hydrogens (tertiary/aromatic N) is 1. The van der Waals surface area contributed by atoms with Crippen molar-refractivity contribution < 1.29 is 9.59 Å². The van der Waals surface area contributed by atoms with E-state index in [2.05, 4.69) is 29.4 Å². The van der Waals surface area contributed by atoms with Crippen LogP contribution in [0.25, 0.3) is 0 Å². The van der Waals surface area contributed by atoms with Gasteiger partial charge in [0.05, 0.1) is 0 Å². The third-order valence-electron chi connectivity index (χ3n) is 5.49. The highest BCUT2D eigenvalue weighted by Crippen LogP contribution is 2.16. The van der Waals surface area contributed by atoms with Gasteiger partial charge >= 0.3 is 0 Å². The summed E-state index contributed by atoms with van der Waals surface area (Å²) in [6.07, 6.45) is 2.70. The average Bonchev–Trinajstić information content (AvgIpc) is 2.66. The van der Waals surface area contributed by atoms with Crippen molar-refractivity contribution in [2.24, 2.45) is 5.92 Å². The Morgan fingerprint density at radius 1 is 1.15 bits per heavy atom. The predicted molar refractivity (Wildman–Crippen MR) is 110 cm³/mol. The van der Waals surface area contributed by atoms with E-state index in [9.17, 15) is 9.59 Å². The van der Waals surface area contributed by atoms with Crippen LogP contribution in [0.1, 0.15) is 57.3 Å². The second kappa shape index (κ2) is 10.1. The second-order valence-corrected chi connectivity index (χ2v) is 8.19. The van der Waals surface area contributed by atoms with Crippen LogP contribution in [0.15, 0.2) is 24.3 Å². The third kappa shape index (κ3) is 6.22. The highest BCUT2D eigenvalue weighted by molar-refractivity contribution is 6.30. The number of carbonyl (C=O) groups excluding carboxylic acids is 2. The molecule has 1 aliphatic rings. The van der Waals surface area contributed by atoms with E-state index in [0.717, 1.165) is 32.4 Å². The first-order chi connectivity index (χ1) is 12.8. The maximum atomic E-state index is 12.9. The number of carbonyl (C=O) groups is 2.